The Morgan fingerprint density at radius 2 is 2.11 bits per heavy atom. The van der Waals surface area contributed by atoms with E-state index in [4.69, 9.17) is 11.6 Å². The van der Waals surface area contributed by atoms with Gasteiger partial charge < -0.3 is 10.6 Å². The molecule has 0 bridgehead atoms. The summed E-state index contributed by atoms with van der Waals surface area (Å²) in [5.41, 5.74) is 3.13. The predicted molar refractivity (Wildman–Crippen MR) is 80.8 cm³/mol. The summed E-state index contributed by atoms with van der Waals surface area (Å²) in [5.74, 6) is -0.0963. The van der Waals surface area contributed by atoms with Gasteiger partial charge >= 0.3 is 0 Å². The van der Waals surface area contributed by atoms with Gasteiger partial charge in [0.25, 0.3) is 0 Å². The van der Waals surface area contributed by atoms with Crippen molar-refractivity contribution >= 4 is 34.5 Å². The molecule has 100 valence electrons. The van der Waals surface area contributed by atoms with Gasteiger partial charge in [0.15, 0.2) is 0 Å². The van der Waals surface area contributed by atoms with Crippen molar-refractivity contribution in [3.05, 3.63) is 51.2 Å². The quantitative estimate of drug-likeness (QED) is 0.887. The van der Waals surface area contributed by atoms with E-state index < -0.39 is 0 Å². The molecule has 0 fully saturated rings. The van der Waals surface area contributed by atoms with E-state index in [2.05, 4.69) is 28.3 Å². The van der Waals surface area contributed by atoms with Crippen LogP contribution in [-0.4, -0.2) is 12.5 Å². The number of nitrogens with one attached hydrogen (secondary N) is 2. The topological polar surface area (TPSA) is 41.1 Å². The third kappa shape index (κ3) is 4.06. The van der Waals surface area contributed by atoms with E-state index >= 15 is 0 Å². The molecule has 0 saturated heterocycles. The summed E-state index contributed by atoms with van der Waals surface area (Å²) in [5, 5.41) is 10.6. The minimum Gasteiger partial charge on any atom is -0.324 e. The van der Waals surface area contributed by atoms with E-state index in [9.17, 15) is 4.79 Å². The monoisotopic (exact) mass is 294 g/mol. The highest BCUT2D eigenvalue weighted by Crippen LogP contribution is 2.20. The second-order valence-electron chi connectivity index (χ2n) is 4.21. The molecule has 0 unspecified atom stereocenters. The first kappa shape index (κ1) is 14.1. The van der Waals surface area contributed by atoms with Gasteiger partial charge in [-0.05, 0) is 40.9 Å². The molecule has 1 aromatic carbocycles. The number of carbonyl (C=O) groups excluding carboxylic acids is 1. The molecule has 1 aromatic heterocycles. The molecule has 2 aromatic rings. The Hall–Kier alpha value is -1.36. The maximum atomic E-state index is 11.7. The van der Waals surface area contributed by atoms with Crippen molar-refractivity contribution in [2.75, 3.05) is 11.9 Å². The Balaban J connectivity index is 1.79. The molecule has 0 spiro atoms. The molecule has 19 heavy (non-hydrogen) atoms. The average molecular weight is 295 g/mol. The van der Waals surface area contributed by atoms with Gasteiger partial charge in [0, 0.05) is 6.54 Å². The summed E-state index contributed by atoms with van der Waals surface area (Å²) in [4.78, 5) is 11.7. The fourth-order valence-corrected chi connectivity index (χ4v) is 2.68. The number of hydrogen-bond donors (Lipinski definition) is 2. The van der Waals surface area contributed by atoms with Gasteiger partial charge in [-0.15, -0.1) is 0 Å². The number of hydrogen-bond acceptors (Lipinski definition) is 3. The highest BCUT2D eigenvalue weighted by Gasteiger charge is 2.05. The Morgan fingerprint density at radius 1 is 1.32 bits per heavy atom. The van der Waals surface area contributed by atoms with Crippen LogP contribution in [0.3, 0.4) is 0 Å². The Labute approximate surface area is 121 Å². The first-order chi connectivity index (χ1) is 9.16. The minimum atomic E-state index is -0.0963. The fourth-order valence-electron chi connectivity index (χ4n) is 1.64. The summed E-state index contributed by atoms with van der Waals surface area (Å²) in [7, 11) is 0. The molecule has 0 aliphatic rings. The van der Waals surface area contributed by atoms with E-state index in [0.29, 0.717) is 17.3 Å². The molecule has 3 nitrogen and oxygen atoms in total. The lowest BCUT2D eigenvalue weighted by Crippen LogP contribution is -2.27. The summed E-state index contributed by atoms with van der Waals surface area (Å²) in [6.45, 7) is 3.03. The second-order valence-corrected chi connectivity index (χ2v) is 5.36. The first-order valence-corrected chi connectivity index (χ1v) is 7.25. The van der Waals surface area contributed by atoms with Crippen LogP contribution in [0, 0.1) is 6.92 Å². The van der Waals surface area contributed by atoms with E-state index in [1.807, 2.05) is 12.1 Å². The number of amides is 1. The molecule has 0 aliphatic heterocycles. The predicted octanol–water partition coefficient (Wildman–Crippen LogP) is 3.44. The van der Waals surface area contributed by atoms with Crippen LogP contribution in [0.15, 0.2) is 35.0 Å². The fraction of sp³-hybridized carbons (Fsp3) is 0.214. The van der Waals surface area contributed by atoms with E-state index in [1.165, 1.54) is 11.1 Å². The number of anilines is 1. The zero-order valence-corrected chi connectivity index (χ0v) is 12.1. The van der Waals surface area contributed by atoms with Gasteiger partial charge in [-0.3, -0.25) is 4.79 Å². The summed E-state index contributed by atoms with van der Waals surface area (Å²) in [6.07, 6.45) is 0. The average Bonchev–Trinajstić information content (AvgIpc) is 2.78. The van der Waals surface area contributed by atoms with Crippen LogP contribution in [0.1, 0.15) is 11.1 Å². The molecular formula is C14H15ClN2OS. The molecular weight excluding hydrogens is 280 g/mol. The Bertz CT molecular complexity index is 568. The van der Waals surface area contributed by atoms with Crippen molar-refractivity contribution in [1.29, 1.82) is 0 Å². The van der Waals surface area contributed by atoms with Gasteiger partial charge in [-0.25, -0.2) is 0 Å². The van der Waals surface area contributed by atoms with Crippen LogP contribution in [0.2, 0.25) is 5.02 Å². The number of rotatable bonds is 5. The van der Waals surface area contributed by atoms with Crippen molar-refractivity contribution in [3.8, 4) is 0 Å². The number of para-hydroxylation sites is 1. The van der Waals surface area contributed by atoms with Crippen LogP contribution >= 0.6 is 22.9 Å². The Morgan fingerprint density at radius 3 is 2.79 bits per heavy atom. The summed E-state index contributed by atoms with van der Waals surface area (Å²) in [6, 6.07) is 7.20. The third-order valence-corrected chi connectivity index (χ3v) is 3.95. The van der Waals surface area contributed by atoms with Gasteiger partial charge in [-0.2, -0.15) is 11.3 Å². The van der Waals surface area contributed by atoms with Gasteiger partial charge in [-0.1, -0.05) is 23.7 Å². The maximum absolute atomic E-state index is 11.7. The van der Waals surface area contributed by atoms with Gasteiger partial charge in [0.2, 0.25) is 5.91 Å². The highest BCUT2D eigenvalue weighted by atomic mass is 35.5. The van der Waals surface area contributed by atoms with E-state index in [-0.39, 0.29) is 12.5 Å². The zero-order valence-electron chi connectivity index (χ0n) is 10.6. The maximum Gasteiger partial charge on any atom is 0.238 e. The standard InChI is InChI=1S/C14H15ClN2OS/c1-10-8-19-9-11(10)6-16-7-14(18)17-13-5-3-2-4-12(13)15/h2-5,8-9,16H,6-7H2,1H3,(H,17,18). The van der Waals surface area contributed by atoms with Crippen molar-refractivity contribution in [2.45, 2.75) is 13.5 Å². The van der Waals surface area contributed by atoms with Crippen molar-refractivity contribution in [1.82, 2.24) is 5.32 Å². The molecule has 0 saturated carbocycles. The largest absolute Gasteiger partial charge is 0.324 e. The lowest BCUT2D eigenvalue weighted by atomic mass is 10.2. The normalized spacial score (nSPS) is 10.4. The van der Waals surface area contributed by atoms with Crippen LogP contribution in [0.25, 0.3) is 0 Å². The van der Waals surface area contributed by atoms with Crippen LogP contribution in [-0.2, 0) is 11.3 Å². The van der Waals surface area contributed by atoms with Gasteiger partial charge in [0.1, 0.15) is 0 Å². The van der Waals surface area contributed by atoms with Crippen molar-refractivity contribution < 1.29 is 4.79 Å². The number of benzene rings is 1. The van der Waals surface area contributed by atoms with Crippen molar-refractivity contribution in [3.63, 3.8) is 0 Å². The molecule has 2 rings (SSSR count). The number of thiophene rings is 1. The molecule has 0 aliphatic carbocycles. The number of halogens is 1. The number of aryl methyl sites for hydroxylation is 1. The van der Waals surface area contributed by atoms with E-state index in [1.54, 1.807) is 23.5 Å². The minimum absolute atomic E-state index is 0.0963. The summed E-state index contributed by atoms with van der Waals surface area (Å²) >= 11 is 7.64. The second kappa shape index (κ2) is 6.70. The van der Waals surface area contributed by atoms with Gasteiger partial charge in [0.05, 0.1) is 17.3 Å². The molecule has 1 heterocycles. The van der Waals surface area contributed by atoms with Crippen molar-refractivity contribution in [2.24, 2.45) is 0 Å². The van der Waals surface area contributed by atoms with Crippen LogP contribution in [0.4, 0.5) is 5.69 Å². The highest BCUT2D eigenvalue weighted by molar-refractivity contribution is 7.08. The molecule has 0 atom stereocenters. The van der Waals surface area contributed by atoms with Crippen LogP contribution in [0.5, 0.6) is 0 Å². The zero-order chi connectivity index (χ0) is 13.7. The molecule has 5 heteroatoms. The summed E-state index contributed by atoms with van der Waals surface area (Å²) < 4.78 is 0. The first-order valence-electron chi connectivity index (χ1n) is 5.93. The third-order valence-electron chi connectivity index (χ3n) is 2.71. The smallest absolute Gasteiger partial charge is 0.238 e. The van der Waals surface area contributed by atoms with Crippen LogP contribution < -0.4 is 10.6 Å². The SMILES string of the molecule is Cc1cscc1CNCC(=O)Nc1ccccc1Cl. The van der Waals surface area contributed by atoms with E-state index in [0.717, 1.165) is 0 Å². The lowest BCUT2D eigenvalue weighted by molar-refractivity contribution is -0.115. The molecule has 1 amide bonds. The lowest BCUT2D eigenvalue weighted by Gasteiger charge is -2.08. The number of carbonyl (C=O) groups is 1. The molecule has 2 N–H and O–H groups in total. The molecule has 0 radical (unpaired) electrons. The Kier molecular flexibility index (Phi) is 4.96.